The molecule has 0 aromatic heterocycles. The smallest absolute Gasteiger partial charge is 0.337 e. The standard InChI is InChI=1S/C31H32N2O5/c1-37-30(35)25-12-14-26(15-13-25)32-29(24-10-6-3-7-11-24)31(36)38-28-21-33(18-16-23(28)17-19-33)20-27(34)22-8-4-2-5-9-22/h2-15,23,28-29H,16-21H2,1H3/p+1/t23?,28-,29?,33?/m0/s1. The maximum atomic E-state index is 13.6. The topological polar surface area (TPSA) is 81.7 Å². The van der Waals surface area contributed by atoms with Crippen molar-refractivity contribution in [2.45, 2.75) is 25.0 Å². The van der Waals surface area contributed by atoms with Gasteiger partial charge >= 0.3 is 11.9 Å². The monoisotopic (exact) mass is 513 g/mol. The number of ether oxygens (including phenoxy) is 2. The molecule has 3 aromatic rings. The number of Topliss-reactive ketones (excluding diaryl/α,β-unsaturated/α-hetero) is 1. The van der Waals surface area contributed by atoms with Crippen molar-refractivity contribution in [1.82, 2.24) is 0 Å². The van der Waals surface area contributed by atoms with Gasteiger partial charge in [-0.25, -0.2) is 9.59 Å². The molecule has 3 saturated heterocycles. The lowest BCUT2D eigenvalue weighted by molar-refractivity contribution is -0.938. The molecule has 0 radical (unpaired) electrons. The van der Waals surface area contributed by atoms with Gasteiger partial charge in [0.2, 0.25) is 5.78 Å². The van der Waals surface area contributed by atoms with Crippen LogP contribution < -0.4 is 5.32 Å². The van der Waals surface area contributed by atoms with E-state index in [1.54, 1.807) is 24.3 Å². The quantitative estimate of drug-likeness (QED) is 0.255. The summed E-state index contributed by atoms with van der Waals surface area (Å²) in [6, 6.07) is 25.0. The van der Waals surface area contributed by atoms with Gasteiger partial charge in [-0.15, -0.1) is 0 Å². The summed E-state index contributed by atoms with van der Waals surface area (Å²) < 4.78 is 11.6. The number of ketones is 1. The Balaban J connectivity index is 1.31. The van der Waals surface area contributed by atoms with E-state index in [-0.39, 0.29) is 17.9 Å². The molecule has 6 rings (SSSR count). The van der Waals surface area contributed by atoms with Crippen molar-refractivity contribution in [2.24, 2.45) is 5.92 Å². The Morgan fingerprint density at radius 2 is 1.50 bits per heavy atom. The zero-order valence-corrected chi connectivity index (χ0v) is 21.5. The first kappa shape index (κ1) is 25.7. The molecule has 0 aliphatic carbocycles. The number of hydrogen-bond acceptors (Lipinski definition) is 6. The normalized spacial score (nSPS) is 22.8. The number of quaternary nitrogens is 1. The number of nitrogens with one attached hydrogen (secondary N) is 1. The Morgan fingerprint density at radius 3 is 2.13 bits per heavy atom. The summed E-state index contributed by atoms with van der Waals surface area (Å²) in [4.78, 5) is 38.5. The van der Waals surface area contributed by atoms with Crippen LogP contribution in [0.4, 0.5) is 5.69 Å². The van der Waals surface area contributed by atoms with Gasteiger partial charge in [0.25, 0.3) is 0 Å². The third-order valence-corrected chi connectivity index (χ3v) is 7.87. The first-order chi connectivity index (χ1) is 18.5. The van der Waals surface area contributed by atoms with Crippen LogP contribution in [0, 0.1) is 5.92 Å². The molecule has 0 saturated carbocycles. The van der Waals surface area contributed by atoms with Gasteiger partial charge in [-0.1, -0.05) is 60.7 Å². The molecule has 1 N–H and O–H groups in total. The predicted octanol–water partition coefficient (Wildman–Crippen LogP) is 4.66. The molecule has 3 aliphatic heterocycles. The highest BCUT2D eigenvalue weighted by atomic mass is 16.5. The molecule has 7 heteroatoms. The highest BCUT2D eigenvalue weighted by Gasteiger charge is 2.49. The molecule has 1 unspecified atom stereocenters. The molecular weight excluding hydrogens is 480 g/mol. The number of piperidine rings is 3. The van der Waals surface area contributed by atoms with Gasteiger partial charge in [-0.3, -0.25) is 4.79 Å². The van der Waals surface area contributed by atoms with Gasteiger partial charge in [-0.05, 0) is 29.8 Å². The van der Waals surface area contributed by atoms with Gasteiger partial charge in [0.1, 0.15) is 13.1 Å². The molecule has 7 nitrogen and oxygen atoms in total. The third kappa shape index (κ3) is 5.63. The second-order valence-corrected chi connectivity index (χ2v) is 10.3. The molecule has 38 heavy (non-hydrogen) atoms. The van der Waals surface area contributed by atoms with Crippen LogP contribution in [0.25, 0.3) is 0 Å². The number of benzene rings is 3. The van der Waals surface area contributed by atoms with Crippen LogP contribution >= 0.6 is 0 Å². The van der Waals surface area contributed by atoms with Crippen molar-refractivity contribution in [1.29, 1.82) is 0 Å². The lowest BCUT2D eigenvalue weighted by Crippen LogP contribution is -2.65. The van der Waals surface area contributed by atoms with E-state index in [4.69, 9.17) is 9.47 Å². The zero-order valence-electron chi connectivity index (χ0n) is 21.5. The number of carbonyl (C=O) groups is 3. The van der Waals surface area contributed by atoms with E-state index in [9.17, 15) is 14.4 Å². The highest BCUT2D eigenvalue weighted by molar-refractivity contribution is 5.97. The Morgan fingerprint density at radius 1 is 0.868 bits per heavy atom. The average molecular weight is 514 g/mol. The highest BCUT2D eigenvalue weighted by Crippen LogP contribution is 2.36. The fourth-order valence-electron chi connectivity index (χ4n) is 5.72. The van der Waals surface area contributed by atoms with Gasteiger partial charge in [0.05, 0.1) is 25.8 Å². The lowest BCUT2D eigenvalue weighted by Gasteiger charge is -2.51. The van der Waals surface area contributed by atoms with Crippen molar-refractivity contribution in [3.63, 3.8) is 0 Å². The van der Waals surface area contributed by atoms with Gasteiger partial charge in [0, 0.05) is 30.0 Å². The summed E-state index contributed by atoms with van der Waals surface area (Å²) in [5, 5.41) is 3.29. The summed E-state index contributed by atoms with van der Waals surface area (Å²) in [6.07, 6.45) is 1.65. The molecular formula is C31H33N2O5+. The van der Waals surface area contributed by atoms with Crippen molar-refractivity contribution in [3.05, 3.63) is 102 Å². The van der Waals surface area contributed by atoms with E-state index in [1.807, 2.05) is 60.7 Å². The summed E-state index contributed by atoms with van der Waals surface area (Å²) in [5.41, 5.74) is 2.64. The first-order valence-corrected chi connectivity index (χ1v) is 13.1. The minimum absolute atomic E-state index is 0.134. The Hall–Kier alpha value is -3.97. The van der Waals surface area contributed by atoms with Crippen LogP contribution in [0.5, 0.6) is 0 Å². The molecule has 3 aromatic carbocycles. The summed E-state index contributed by atoms with van der Waals surface area (Å²) >= 11 is 0. The van der Waals surface area contributed by atoms with Crippen molar-refractivity contribution in [2.75, 3.05) is 38.6 Å². The van der Waals surface area contributed by atoms with Crippen LogP contribution in [0.3, 0.4) is 0 Å². The van der Waals surface area contributed by atoms with Gasteiger partial charge in [-0.2, -0.15) is 0 Å². The van der Waals surface area contributed by atoms with Crippen LogP contribution in [0.15, 0.2) is 84.9 Å². The zero-order chi connectivity index (χ0) is 26.5. The predicted molar refractivity (Wildman–Crippen MR) is 144 cm³/mol. The van der Waals surface area contributed by atoms with Crippen molar-refractivity contribution >= 4 is 23.4 Å². The number of hydrogen-bond donors (Lipinski definition) is 1. The molecule has 0 spiro atoms. The number of carbonyl (C=O) groups excluding carboxylic acids is 3. The van der Waals surface area contributed by atoms with E-state index in [0.717, 1.165) is 37.1 Å². The Labute approximate surface area is 223 Å². The number of rotatable bonds is 9. The summed E-state index contributed by atoms with van der Waals surface area (Å²) in [7, 11) is 1.34. The summed E-state index contributed by atoms with van der Waals surface area (Å²) in [5.74, 6) is -0.322. The number of nitrogens with zero attached hydrogens (tertiary/aromatic N) is 1. The summed E-state index contributed by atoms with van der Waals surface area (Å²) in [6.45, 7) is 2.95. The van der Waals surface area contributed by atoms with E-state index >= 15 is 0 Å². The number of anilines is 1. The second kappa shape index (κ2) is 11.2. The maximum absolute atomic E-state index is 13.6. The van der Waals surface area contributed by atoms with E-state index in [0.29, 0.717) is 34.7 Å². The third-order valence-electron chi connectivity index (χ3n) is 7.87. The largest absolute Gasteiger partial charge is 0.465 e. The van der Waals surface area contributed by atoms with Gasteiger partial charge in [0.15, 0.2) is 12.1 Å². The van der Waals surface area contributed by atoms with Crippen LogP contribution in [-0.4, -0.2) is 61.6 Å². The molecule has 2 atom stereocenters. The molecule has 0 amide bonds. The number of methoxy groups -OCH3 is 1. The lowest BCUT2D eigenvalue weighted by atomic mass is 9.82. The molecule has 2 bridgehead atoms. The minimum atomic E-state index is -0.713. The fourth-order valence-corrected chi connectivity index (χ4v) is 5.72. The fraction of sp³-hybridized carbons (Fsp3) is 0.323. The number of esters is 2. The Bertz CT molecular complexity index is 1270. The second-order valence-electron chi connectivity index (χ2n) is 10.3. The minimum Gasteiger partial charge on any atom is -0.465 e. The van der Waals surface area contributed by atoms with Gasteiger partial charge < -0.3 is 19.3 Å². The maximum Gasteiger partial charge on any atom is 0.337 e. The van der Waals surface area contributed by atoms with Crippen LogP contribution in [0.2, 0.25) is 0 Å². The van der Waals surface area contributed by atoms with Crippen LogP contribution in [-0.2, 0) is 14.3 Å². The van der Waals surface area contributed by atoms with E-state index < -0.39 is 12.0 Å². The first-order valence-electron chi connectivity index (χ1n) is 13.1. The Kier molecular flexibility index (Phi) is 7.56. The molecule has 3 heterocycles. The number of fused-ring (bicyclic) bond motifs is 3. The molecule has 196 valence electrons. The van der Waals surface area contributed by atoms with E-state index in [1.165, 1.54) is 7.11 Å². The molecule has 3 aliphatic rings. The average Bonchev–Trinajstić information content (AvgIpc) is 2.97. The van der Waals surface area contributed by atoms with Crippen molar-refractivity contribution < 1.29 is 28.3 Å². The molecule has 3 fully saturated rings. The van der Waals surface area contributed by atoms with Crippen molar-refractivity contribution in [3.8, 4) is 0 Å². The van der Waals surface area contributed by atoms with Crippen LogP contribution in [0.1, 0.15) is 45.2 Å². The SMILES string of the molecule is COC(=O)c1ccc(NC(C(=O)O[C@H]2C[N+]3(CC(=O)c4ccccc4)CCC2CC3)c2ccccc2)cc1. The van der Waals surface area contributed by atoms with E-state index in [2.05, 4.69) is 5.32 Å².